The van der Waals surface area contributed by atoms with Crippen LogP contribution in [-0.2, 0) is 9.53 Å². The third-order valence-corrected chi connectivity index (χ3v) is 3.17. The van der Waals surface area contributed by atoms with E-state index in [0.717, 1.165) is 18.2 Å². The molecule has 0 aromatic heterocycles. The number of carbonyl (C=O) groups excluding carboxylic acids is 2. The Labute approximate surface area is 136 Å². The smallest absolute Gasteiger partial charge is 0.333 e. The number of phenols is 1. The molecule has 7 heteroatoms. The second kappa shape index (κ2) is 7.54. The highest BCUT2D eigenvalue weighted by atomic mass is 19.1. The van der Waals surface area contributed by atoms with Gasteiger partial charge in [-0.15, -0.1) is 0 Å². The summed E-state index contributed by atoms with van der Waals surface area (Å²) in [5.41, 5.74) is -0.289. The van der Waals surface area contributed by atoms with Crippen LogP contribution in [0.4, 0.5) is 8.78 Å². The van der Waals surface area contributed by atoms with Crippen molar-refractivity contribution in [2.24, 2.45) is 0 Å². The van der Waals surface area contributed by atoms with Gasteiger partial charge in [-0.3, -0.25) is 4.79 Å². The second-order valence-electron chi connectivity index (χ2n) is 4.88. The van der Waals surface area contributed by atoms with E-state index in [2.05, 4.69) is 5.32 Å². The zero-order valence-corrected chi connectivity index (χ0v) is 12.8. The molecule has 2 aromatic rings. The minimum Gasteiger partial charge on any atom is -0.508 e. The van der Waals surface area contributed by atoms with Crippen LogP contribution in [0.5, 0.6) is 5.75 Å². The number of hydrogen-bond acceptors (Lipinski definition) is 4. The SMILES string of the molecule is CCOC(=O)C(NC(=O)c1cc(F)ccc1F)c1cccc(O)c1. The molecule has 5 nitrogen and oxygen atoms in total. The summed E-state index contributed by atoms with van der Waals surface area (Å²) in [6.07, 6.45) is 0. The maximum absolute atomic E-state index is 13.7. The summed E-state index contributed by atoms with van der Waals surface area (Å²) in [4.78, 5) is 24.3. The molecule has 0 bridgehead atoms. The van der Waals surface area contributed by atoms with Crippen molar-refractivity contribution in [3.05, 3.63) is 65.2 Å². The van der Waals surface area contributed by atoms with Gasteiger partial charge in [0.2, 0.25) is 0 Å². The Morgan fingerprint density at radius 2 is 1.96 bits per heavy atom. The summed E-state index contributed by atoms with van der Waals surface area (Å²) in [7, 11) is 0. The van der Waals surface area contributed by atoms with Gasteiger partial charge >= 0.3 is 5.97 Å². The summed E-state index contributed by atoms with van der Waals surface area (Å²) < 4.78 is 31.8. The molecule has 1 amide bonds. The van der Waals surface area contributed by atoms with E-state index in [0.29, 0.717) is 0 Å². The number of benzene rings is 2. The van der Waals surface area contributed by atoms with Gasteiger partial charge in [-0.25, -0.2) is 13.6 Å². The first-order valence-corrected chi connectivity index (χ1v) is 7.14. The van der Waals surface area contributed by atoms with E-state index in [1.54, 1.807) is 6.92 Å². The second-order valence-corrected chi connectivity index (χ2v) is 4.88. The minimum absolute atomic E-state index is 0.0678. The molecule has 2 rings (SSSR count). The van der Waals surface area contributed by atoms with Crippen LogP contribution in [0, 0.1) is 11.6 Å². The van der Waals surface area contributed by atoms with Crippen LogP contribution in [0.1, 0.15) is 28.9 Å². The van der Waals surface area contributed by atoms with Gasteiger partial charge in [0, 0.05) is 0 Å². The maximum Gasteiger partial charge on any atom is 0.333 e. The van der Waals surface area contributed by atoms with Crippen LogP contribution in [0.15, 0.2) is 42.5 Å². The number of nitrogens with one attached hydrogen (secondary N) is 1. The van der Waals surface area contributed by atoms with Crippen molar-refractivity contribution in [2.75, 3.05) is 6.61 Å². The van der Waals surface area contributed by atoms with E-state index in [1.165, 1.54) is 24.3 Å². The number of hydrogen-bond donors (Lipinski definition) is 2. The van der Waals surface area contributed by atoms with Crippen LogP contribution < -0.4 is 5.32 Å². The van der Waals surface area contributed by atoms with Gasteiger partial charge in [-0.2, -0.15) is 0 Å². The first-order valence-electron chi connectivity index (χ1n) is 7.14. The molecule has 1 unspecified atom stereocenters. The topological polar surface area (TPSA) is 75.6 Å². The molecule has 0 fully saturated rings. The monoisotopic (exact) mass is 335 g/mol. The molecule has 0 aliphatic heterocycles. The van der Waals surface area contributed by atoms with Crippen molar-refractivity contribution < 1.29 is 28.2 Å². The van der Waals surface area contributed by atoms with Crippen LogP contribution in [0.3, 0.4) is 0 Å². The van der Waals surface area contributed by atoms with Gasteiger partial charge in [0.05, 0.1) is 12.2 Å². The highest BCUT2D eigenvalue weighted by molar-refractivity contribution is 5.97. The van der Waals surface area contributed by atoms with Crippen molar-refractivity contribution in [3.8, 4) is 5.75 Å². The highest BCUT2D eigenvalue weighted by Crippen LogP contribution is 2.21. The third kappa shape index (κ3) is 4.07. The van der Waals surface area contributed by atoms with E-state index in [9.17, 15) is 23.5 Å². The molecule has 1 atom stereocenters. The van der Waals surface area contributed by atoms with Gasteiger partial charge in [-0.05, 0) is 42.8 Å². The lowest BCUT2D eigenvalue weighted by molar-refractivity contribution is -0.145. The molecule has 0 spiro atoms. The lowest BCUT2D eigenvalue weighted by Gasteiger charge is -2.18. The van der Waals surface area contributed by atoms with Crippen molar-refractivity contribution in [1.82, 2.24) is 5.32 Å². The Bertz CT molecular complexity index is 764. The van der Waals surface area contributed by atoms with Crippen molar-refractivity contribution in [2.45, 2.75) is 13.0 Å². The average Bonchev–Trinajstić information content (AvgIpc) is 2.54. The summed E-state index contributed by atoms with van der Waals surface area (Å²) >= 11 is 0. The summed E-state index contributed by atoms with van der Waals surface area (Å²) in [6.45, 7) is 1.66. The zero-order chi connectivity index (χ0) is 17.7. The lowest BCUT2D eigenvalue weighted by Crippen LogP contribution is -2.35. The molecular formula is C17H15F2NO4. The quantitative estimate of drug-likeness (QED) is 0.824. The first kappa shape index (κ1) is 17.4. The van der Waals surface area contributed by atoms with Gasteiger partial charge in [-0.1, -0.05) is 12.1 Å². The van der Waals surface area contributed by atoms with E-state index in [1.807, 2.05) is 0 Å². The zero-order valence-electron chi connectivity index (χ0n) is 12.8. The van der Waals surface area contributed by atoms with Crippen molar-refractivity contribution >= 4 is 11.9 Å². The van der Waals surface area contributed by atoms with Crippen LogP contribution >= 0.6 is 0 Å². The fourth-order valence-corrected chi connectivity index (χ4v) is 2.09. The minimum atomic E-state index is -1.27. The van der Waals surface area contributed by atoms with Crippen LogP contribution in [-0.4, -0.2) is 23.6 Å². The molecule has 2 N–H and O–H groups in total. The Morgan fingerprint density at radius 1 is 1.21 bits per heavy atom. The molecular weight excluding hydrogens is 320 g/mol. The Hall–Kier alpha value is -2.96. The van der Waals surface area contributed by atoms with E-state index >= 15 is 0 Å². The number of rotatable bonds is 5. The molecule has 2 aromatic carbocycles. The fourth-order valence-electron chi connectivity index (χ4n) is 2.09. The molecule has 0 aliphatic rings. The predicted molar refractivity (Wildman–Crippen MR) is 81.3 cm³/mol. The Balaban J connectivity index is 2.32. The van der Waals surface area contributed by atoms with Gasteiger partial charge in [0.25, 0.3) is 5.91 Å². The number of esters is 1. The Kier molecular flexibility index (Phi) is 5.47. The first-order chi connectivity index (χ1) is 11.4. The van der Waals surface area contributed by atoms with E-state index in [4.69, 9.17) is 4.74 Å². The lowest BCUT2D eigenvalue weighted by atomic mass is 10.1. The number of carbonyl (C=O) groups is 2. The normalized spacial score (nSPS) is 11.6. The average molecular weight is 335 g/mol. The standard InChI is InChI=1S/C17H15F2NO4/c1-2-24-17(23)15(10-4-3-5-12(21)8-10)20-16(22)13-9-11(18)6-7-14(13)19/h3-9,15,21H,2H2,1H3,(H,20,22). The maximum atomic E-state index is 13.7. The van der Waals surface area contributed by atoms with Gasteiger partial charge in [0.1, 0.15) is 17.4 Å². The third-order valence-electron chi connectivity index (χ3n) is 3.17. The number of ether oxygens (including phenoxy) is 1. The highest BCUT2D eigenvalue weighted by Gasteiger charge is 2.26. The molecule has 126 valence electrons. The van der Waals surface area contributed by atoms with Crippen molar-refractivity contribution in [1.29, 1.82) is 0 Å². The summed E-state index contributed by atoms with van der Waals surface area (Å²) in [6, 6.07) is 6.78. The fraction of sp³-hybridized carbons (Fsp3) is 0.176. The molecule has 0 radical (unpaired) electrons. The number of amides is 1. The molecule has 0 saturated carbocycles. The summed E-state index contributed by atoms with van der Waals surface area (Å²) in [5, 5.41) is 11.8. The molecule has 0 saturated heterocycles. The summed E-state index contributed by atoms with van der Waals surface area (Å²) in [5.74, 6) is -3.59. The van der Waals surface area contributed by atoms with Crippen molar-refractivity contribution in [3.63, 3.8) is 0 Å². The van der Waals surface area contributed by atoms with Crippen LogP contribution in [0.25, 0.3) is 0 Å². The largest absolute Gasteiger partial charge is 0.508 e. The number of halogens is 2. The predicted octanol–water partition coefficient (Wildman–Crippen LogP) is 2.70. The Morgan fingerprint density at radius 3 is 2.62 bits per heavy atom. The van der Waals surface area contributed by atoms with Crippen LogP contribution in [0.2, 0.25) is 0 Å². The number of aromatic hydroxyl groups is 1. The molecule has 0 aliphatic carbocycles. The van der Waals surface area contributed by atoms with E-state index in [-0.39, 0.29) is 17.9 Å². The van der Waals surface area contributed by atoms with E-state index < -0.39 is 35.1 Å². The molecule has 24 heavy (non-hydrogen) atoms. The van der Waals surface area contributed by atoms with Gasteiger partial charge < -0.3 is 15.2 Å². The van der Waals surface area contributed by atoms with Gasteiger partial charge in [0.15, 0.2) is 6.04 Å². The number of phenolic OH excluding ortho intramolecular Hbond substituents is 1. The molecule has 0 heterocycles.